The number of halogens is 1. The number of rotatable bonds is 2. The Hall–Kier alpha value is -1.93. The molecule has 2 fully saturated rings. The topological polar surface area (TPSA) is 64.9 Å². The average molecular weight is 287 g/mol. The number of carbonyl (C=O) groups excluding carboxylic acids is 1. The molecule has 3 rings (SSSR count). The van der Waals surface area contributed by atoms with Crippen molar-refractivity contribution in [2.45, 2.75) is 32.2 Å². The first-order chi connectivity index (χ1) is 10.1. The monoisotopic (exact) mass is 287 g/mol. The van der Waals surface area contributed by atoms with Crippen LogP contribution in [0, 0.1) is 35.9 Å². The molecule has 3 unspecified atom stereocenters. The number of nitriles is 1. The van der Waals surface area contributed by atoms with Gasteiger partial charge in [-0.2, -0.15) is 5.26 Å². The molecular weight excluding hydrogens is 269 g/mol. The van der Waals surface area contributed by atoms with Crippen LogP contribution in [-0.4, -0.2) is 18.5 Å². The summed E-state index contributed by atoms with van der Waals surface area (Å²) in [6.45, 7) is 2.49. The lowest BCUT2D eigenvalue weighted by atomic mass is 9.93. The molecule has 4 nitrogen and oxygen atoms in total. The van der Waals surface area contributed by atoms with Gasteiger partial charge in [0.1, 0.15) is 5.82 Å². The second kappa shape index (κ2) is 5.45. The molecular formula is C16H18FN3O. The zero-order valence-electron chi connectivity index (χ0n) is 11.9. The predicted molar refractivity (Wildman–Crippen MR) is 77.1 cm³/mol. The van der Waals surface area contributed by atoms with Gasteiger partial charge < -0.3 is 10.6 Å². The van der Waals surface area contributed by atoms with Gasteiger partial charge in [0.2, 0.25) is 5.91 Å². The second-order valence-electron chi connectivity index (χ2n) is 5.97. The van der Waals surface area contributed by atoms with E-state index in [9.17, 15) is 9.18 Å². The van der Waals surface area contributed by atoms with Crippen LogP contribution >= 0.6 is 0 Å². The van der Waals surface area contributed by atoms with Crippen LogP contribution in [0.1, 0.15) is 30.4 Å². The Morgan fingerprint density at radius 2 is 2.29 bits per heavy atom. The number of nitrogens with one attached hydrogen (secondary N) is 2. The molecule has 1 aliphatic heterocycles. The van der Waals surface area contributed by atoms with Gasteiger partial charge in [-0.1, -0.05) is 6.42 Å². The Balaban J connectivity index is 1.79. The van der Waals surface area contributed by atoms with Crippen LogP contribution in [0.25, 0.3) is 0 Å². The van der Waals surface area contributed by atoms with Crippen LogP contribution in [-0.2, 0) is 4.79 Å². The fourth-order valence-corrected chi connectivity index (χ4v) is 3.56. The van der Waals surface area contributed by atoms with Gasteiger partial charge in [-0.25, -0.2) is 4.39 Å². The molecule has 0 spiro atoms. The number of carbonyl (C=O) groups is 1. The number of amides is 1. The van der Waals surface area contributed by atoms with E-state index in [0.29, 0.717) is 23.1 Å². The number of hydrogen-bond donors (Lipinski definition) is 2. The molecule has 2 aliphatic rings. The van der Waals surface area contributed by atoms with Gasteiger partial charge in [0.15, 0.2) is 0 Å². The van der Waals surface area contributed by atoms with Crippen LogP contribution in [0.4, 0.5) is 10.1 Å². The third-order valence-electron chi connectivity index (χ3n) is 4.76. The first kappa shape index (κ1) is 14.0. The van der Waals surface area contributed by atoms with E-state index in [-0.39, 0.29) is 17.5 Å². The van der Waals surface area contributed by atoms with E-state index in [1.165, 1.54) is 25.0 Å². The van der Waals surface area contributed by atoms with Crippen LogP contribution in [0.15, 0.2) is 12.1 Å². The normalized spacial score (nSPS) is 27.2. The Morgan fingerprint density at radius 1 is 1.48 bits per heavy atom. The van der Waals surface area contributed by atoms with Gasteiger partial charge in [0.05, 0.1) is 17.7 Å². The highest BCUT2D eigenvalue weighted by atomic mass is 19.1. The van der Waals surface area contributed by atoms with Crippen LogP contribution < -0.4 is 10.6 Å². The molecule has 1 saturated heterocycles. The van der Waals surface area contributed by atoms with Crippen molar-refractivity contribution in [3.63, 3.8) is 0 Å². The maximum absolute atomic E-state index is 13.8. The third kappa shape index (κ3) is 2.52. The largest absolute Gasteiger partial charge is 0.324 e. The van der Waals surface area contributed by atoms with Crippen LogP contribution in [0.3, 0.4) is 0 Å². The van der Waals surface area contributed by atoms with Crippen LogP contribution in [0.2, 0.25) is 0 Å². The Morgan fingerprint density at radius 3 is 3.05 bits per heavy atom. The third-order valence-corrected chi connectivity index (χ3v) is 4.76. The maximum Gasteiger partial charge on any atom is 0.241 e. The summed E-state index contributed by atoms with van der Waals surface area (Å²) in [5.74, 6) is 0.378. The Labute approximate surface area is 123 Å². The van der Waals surface area contributed by atoms with E-state index < -0.39 is 5.82 Å². The Bertz CT molecular complexity index is 623. The lowest BCUT2D eigenvalue weighted by molar-refractivity contribution is -0.118. The molecule has 0 bridgehead atoms. The minimum Gasteiger partial charge on any atom is -0.324 e. The molecule has 1 aromatic carbocycles. The minimum absolute atomic E-state index is 0.123. The van der Waals surface area contributed by atoms with E-state index in [0.717, 1.165) is 13.0 Å². The van der Waals surface area contributed by atoms with E-state index in [1.54, 1.807) is 6.92 Å². The van der Waals surface area contributed by atoms with Gasteiger partial charge in [-0.15, -0.1) is 0 Å². The Kier molecular flexibility index (Phi) is 3.64. The molecule has 110 valence electrons. The summed E-state index contributed by atoms with van der Waals surface area (Å²) >= 11 is 0. The molecule has 1 aromatic rings. The van der Waals surface area contributed by atoms with Gasteiger partial charge in [-0.3, -0.25) is 4.79 Å². The predicted octanol–water partition coefficient (Wildman–Crippen LogP) is 2.33. The molecule has 2 N–H and O–H groups in total. The van der Waals surface area contributed by atoms with Gasteiger partial charge in [0.25, 0.3) is 0 Å². The molecule has 5 heteroatoms. The lowest BCUT2D eigenvalue weighted by Crippen LogP contribution is -2.39. The summed E-state index contributed by atoms with van der Waals surface area (Å²) in [7, 11) is 0. The standard InChI is InChI=1S/C16H18FN3O/c1-9-13(17)5-10(7-18)6-14(9)20-16(21)15-12-4-2-3-11(12)8-19-15/h5-6,11-12,15,19H,2-4,8H2,1H3,(H,20,21). The van der Waals surface area contributed by atoms with E-state index in [2.05, 4.69) is 10.6 Å². The van der Waals surface area contributed by atoms with Crippen molar-refractivity contribution < 1.29 is 9.18 Å². The van der Waals surface area contributed by atoms with E-state index >= 15 is 0 Å². The lowest BCUT2D eigenvalue weighted by Gasteiger charge is -2.18. The van der Waals surface area contributed by atoms with Crippen molar-refractivity contribution in [3.05, 3.63) is 29.1 Å². The number of hydrogen-bond acceptors (Lipinski definition) is 3. The average Bonchev–Trinajstić information content (AvgIpc) is 3.05. The van der Waals surface area contributed by atoms with Crippen LogP contribution in [0.5, 0.6) is 0 Å². The summed E-state index contributed by atoms with van der Waals surface area (Å²) in [5.41, 5.74) is 0.967. The summed E-state index contributed by atoms with van der Waals surface area (Å²) in [4.78, 5) is 12.4. The fourth-order valence-electron chi connectivity index (χ4n) is 3.56. The highest BCUT2D eigenvalue weighted by Gasteiger charge is 2.42. The second-order valence-corrected chi connectivity index (χ2v) is 5.97. The van der Waals surface area contributed by atoms with Gasteiger partial charge >= 0.3 is 0 Å². The quantitative estimate of drug-likeness (QED) is 0.877. The molecule has 1 amide bonds. The van der Waals surface area contributed by atoms with Gasteiger partial charge in [0, 0.05) is 11.3 Å². The number of anilines is 1. The molecule has 3 atom stereocenters. The van der Waals surface area contributed by atoms with Crippen molar-refractivity contribution in [3.8, 4) is 6.07 Å². The van der Waals surface area contributed by atoms with Gasteiger partial charge in [-0.05, 0) is 50.3 Å². The molecule has 1 saturated carbocycles. The van der Waals surface area contributed by atoms with Crippen molar-refractivity contribution in [2.24, 2.45) is 11.8 Å². The van der Waals surface area contributed by atoms with Crippen molar-refractivity contribution in [1.29, 1.82) is 5.26 Å². The fraction of sp³-hybridized carbons (Fsp3) is 0.500. The van der Waals surface area contributed by atoms with E-state index in [4.69, 9.17) is 5.26 Å². The summed E-state index contributed by atoms with van der Waals surface area (Å²) in [5, 5.41) is 15.0. The molecule has 0 aromatic heterocycles. The zero-order chi connectivity index (χ0) is 15.0. The SMILES string of the molecule is Cc1c(F)cc(C#N)cc1NC(=O)C1NCC2CCCC21. The minimum atomic E-state index is -0.470. The summed E-state index contributed by atoms with van der Waals surface area (Å²) in [6, 6.07) is 4.42. The van der Waals surface area contributed by atoms with E-state index in [1.807, 2.05) is 6.07 Å². The highest BCUT2D eigenvalue weighted by Crippen LogP contribution is 2.38. The summed E-state index contributed by atoms with van der Waals surface area (Å²) < 4.78 is 13.8. The number of nitrogens with zero attached hydrogens (tertiary/aromatic N) is 1. The molecule has 1 aliphatic carbocycles. The summed E-state index contributed by atoms with van der Waals surface area (Å²) in [6.07, 6.45) is 3.43. The first-order valence-electron chi connectivity index (χ1n) is 7.34. The van der Waals surface area contributed by atoms with Crippen molar-refractivity contribution in [1.82, 2.24) is 5.32 Å². The highest BCUT2D eigenvalue weighted by molar-refractivity contribution is 5.96. The molecule has 21 heavy (non-hydrogen) atoms. The van der Waals surface area contributed by atoms with Crippen molar-refractivity contribution in [2.75, 3.05) is 11.9 Å². The number of fused-ring (bicyclic) bond motifs is 1. The van der Waals surface area contributed by atoms with Crippen molar-refractivity contribution >= 4 is 11.6 Å². The maximum atomic E-state index is 13.8. The molecule has 1 heterocycles. The zero-order valence-corrected chi connectivity index (χ0v) is 11.9. The first-order valence-corrected chi connectivity index (χ1v) is 7.34. The smallest absolute Gasteiger partial charge is 0.241 e. The number of benzene rings is 1. The molecule has 0 radical (unpaired) electrons.